The van der Waals surface area contributed by atoms with Crippen molar-refractivity contribution in [3.05, 3.63) is 36.0 Å². The van der Waals surface area contributed by atoms with Gasteiger partial charge in [-0.1, -0.05) is 6.42 Å². The zero-order valence-electron chi connectivity index (χ0n) is 15.3. The topological polar surface area (TPSA) is 59.4 Å². The van der Waals surface area contributed by atoms with Crippen LogP contribution < -0.4 is 10.2 Å². The summed E-state index contributed by atoms with van der Waals surface area (Å²) in [6.45, 7) is 2.92. The van der Waals surface area contributed by atoms with Gasteiger partial charge in [0.2, 0.25) is 5.91 Å². The first-order chi connectivity index (χ1) is 12.7. The summed E-state index contributed by atoms with van der Waals surface area (Å²) in [6, 6.07) is 8.79. The third-order valence-electron chi connectivity index (χ3n) is 5.96. The molecule has 2 aliphatic heterocycles. The van der Waals surface area contributed by atoms with E-state index in [1.807, 2.05) is 35.4 Å². The molecule has 138 valence electrons. The number of hydrogen-bond acceptors (Lipinski definition) is 4. The van der Waals surface area contributed by atoms with Crippen LogP contribution in [0.1, 0.15) is 44.9 Å². The Balaban J connectivity index is 1.37. The molecule has 1 aliphatic carbocycles. The summed E-state index contributed by atoms with van der Waals surface area (Å²) in [5.74, 6) is 0.218. The number of benzene rings is 1. The summed E-state index contributed by atoms with van der Waals surface area (Å²) in [6.07, 6.45) is 9.43. The minimum atomic E-state index is 0.218. The second kappa shape index (κ2) is 7.62. The summed E-state index contributed by atoms with van der Waals surface area (Å²) < 4.78 is 0. The number of carbonyl (C=O) groups is 1. The lowest BCUT2D eigenvalue weighted by Gasteiger charge is -2.36. The molecule has 4 rings (SSSR count). The Kier molecular flexibility index (Phi) is 5.07. The van der Waals surface area contributed by atoms with Crippen LogP contribution in [0.3, 0.4) is 0 Å². The van der Waals surface area contributed by atoms with Crippen LogP contribution in [-0.4, -0.2) is 42.2 Å². The average Bonchev–Trinajstić information content (AvgIpc) is 2.95. The fourth-order valence-electron chi connectivity index (χ4n) is 4.05. The van der Waals surface area contributed by atoms with Crippen LogP contribution >= 0.6 is 0 Å². The molecule has 0 unspecified atom stereocenters. The predicted molar refractivity (Wildman–Crippen MR) is 106 cm³/mol. The van der Waals surface area contributed by atoms with Gasteiger partial charge in [-0.25, -0.2) is 0 Å². The van der Waals surface area contributed by atoms with Crippen LogP contribution in [0, 0.1) is 5.41 Å². The molecule has 0 atom stereocenters. The molecular weight excluding hydrogens is 324 g/mol. The summed E-state index contributed by atoms with van der Waals surface area (Å²) in [5.41, 5.74) is 3.86. The zero-order chi connectivity index (χ0) is 17.9. The van der Waals surface area contributed by atoms with E-state index in [-0.39, 0.29) is 5.91 Å². The van der Waals surface area contributed by atoms with Gasteiger partial charge in [-0.15, -0.1) is 0 Å². The van der Waals surface area contributed by atoms with Crippen LogP contribution in [0.5, 0.6) is 0 Å². The minimum Gasteiger partial charge on any atom is -0.361 e. The van der Waals surface area contributed by atoms with Crippen molar-refractivity contribution in [2.75, 3.05) is 29.9 Å². The molecular formula is C21H28N4O. The highest BCUT2D eigenvalue weighted by Crippen LogP contribution is 2.28. The van der Waals surface area contributed by atoms with Gasteiger partial charge in [-0.3, -0.25) is 9.69 Å². The number of nitrogens with one attached hydrogen (secondary N) is 2. The van der Waals surface area contributed by atoms with Crippen molar-refractivity contribution in [2.45, 2.75) is 51.0 Å². The van der Waals surface area contributed by atoms with Gasteiger partial charge in [0.1, 0.15) is 0 Å². The van der Waals surface area contributed by atoms with Crippen molar-refractivity contribution in [1.29, 1.82) is 5.41 Å². The summed E-state index contributed by atoms with van der Waals surface area (Å²) >= 11 is 0. The van der Waals surface area contributed by atoms with Crippen LogP contribution in [-0.2, 0) is 4.79 Å². The number of rotatable bonds is 4. The summed E-state index contributed by atoms with van der Waals surface area (Å²) in [5, 5.41) is 11.7. The molecule has 3 aliphatic rings. The third kappa shape index (κ3) is 3.68. The average molecular weight is 352 g/mol. The monoisotopic (exact) mass is 352 g/mol. The number of hydrogen-bond donors (Lipinski definition) is 2. The highest BCUT2D eigenvalue weighted by molar-refractivity contribution is 5.98. The molecule has 2 N–H and O–H groups in total. The Hall–Kier alpha value is -2.14. The smallest absolute Gasteiger partial charge is 0.227 e. The molecule has 1 amide bonds. The molecule has 26 heavy (non-hydrogen) atoms. The quantitative estimate of drug-likeness (QED) is 0.867. The van der Waals surface area contributed by atoms with Gasteiger partial charge < -0.3 is 15.6 Å². The standard InChI is InChI=1S/C21H28N4O/c22-20-11-14-24(18-3-1-4-18)13-10-16(20)15-23-17-6-8-19(9-7-17)25-12-2-5-21(25)26/h6-9,15,18,22-23H,1-5,10-14H2/b16-15-,22-20?. The second-order valence-electron chi connectivity index (χ2n) is 7.61. The Morgan fingerprint density at radius 1 is 1.00 bits per heavy atom. The van der Waals surface area contributed by atoms with Crippen molar-refractivity contribution in [2.24, 2.45) is 0 Å². The van der Waals surface area contributed by atoms with Gasteiger partial charge in [0.05, 0.1) is 0 Å². The van der Waals surface area contributed by atoms with E-state index in [2.05, 4.69) is 10.2 Å². The van der Waals surface area contributed by atoms with Crippen LogP contribution in [0.4, 0.5) is 11.4 Å². The van der Waals surface area contributed by atoms with Crippen molar-refractivity contribution >= 4 is 23.0 Å². The third-order valence-corrected chi connectivity index (χ3v) is 5.96. The lowest BCUT2D eigenvalue weighted by atomic mass is 9.91. The Morgan fingerprint density at radius 3 is 2.42 bits per heavy atom. The van der Waals surface area contributed by atoms with E-state index in [0.29, 0.717) is 6.42 Å². The van der Waals surface area contributed by atoms with Gasteiger partial charge in [0, 0.05) is 61.8 Å². The predicted octanol–water partition coefficient (Wildman–Crippen LogP) is 3.78. The van der Waals surface area contributed by atoms with Gasteiger partial charge in [-0.05, 0) is 55.5 Å². The van der Waals surface area contributed by atoms with Gasteiger partial charge in [-0.2, -0.15) is 0 Å². The Morgan fingerprint density at radius 2 is 1.77 bits per heavy atom. The molecule has 0 radical (unpaired) electrons. The fraction of sp³-hybridized carbons (Fsp3) is 0.524. The van der Waals surface area contributed by atoms with E-state index >= 15 is 0 Å². The fourth-order valence-corrected chi connectivity index (χ4v) is 4.05. The number of likely N-dealkylation sites (tertiary alicyclic amines) is 1. The van der Waals surface area contributed by atoms with Crippen molar-refractivity contribution in [3.63, 3.8) is 0 Å². The van der Waals surface area contributed by atoms with E-state index in [1.165, 1.54) is 19.3 Å². The van der Waals surface area contributed by atoms with Gasteiger partial charge >= 0.3 is 0 Å². The molecule has 2 saturated heterocycles. The minimum absolute atomic E-state index is 0.218. The lowest BCUT2D eigenvalue weighted by molar-refractivity contribution is -0.117. The lowest BCUT2D eigenvalue weighted by Crippen LogP contribution is -2.40. The van der Waals surface area contributed by atoms with E-state index in [4.69, 9.17) is 5.41 Å². The number of anilines is 2. The molecule has 5 nitrogen and oxygen atoms in total. The van der Waals surface area contributed by atoms with Gasteiger partial charge in [0.25, 0.3) is 0 Å². The van der Waals surface area contributed by atoms with Crippen molar-refractivity contribution in [1.82, 2.24) is 4.90 Å². The number of amides is 1. The molecule has 1 aromatic carbocycles. The first-order valence-corrected chi connectivity index (χ1v) is 9.88. The largest absolute Gasteiger partial charge is 0.361 e. The van der Waals surface area contributed by atoms with Crippen molar-refractivity contribution < 1.29 is 4.79 Å². The van der Waals surface area contributed by atoms with Crippen LogP contribution in [0.15, 0.2) is 36.0 Å². The van der Waals surface area contributed by atoms with E-state index < -0.39 is 0 Å². The normalized spacial score (nSPS) is 24.0. The number of carbonyl (C=O) groups excluding carboxylic acids is 1. The molecule has 1 saturated carbocycles. The Bertz CT molecular complexity index is 705. The highest BCUT2D eigenvalue weighted by Gasteiger charge is 2.27. The van der Waals surface area contributed by atoms with Crippen LogP contribution in [0.25, 0.3) is 0 Å². The maximum absolute atomic E-state index is 11.8. The van der Waals surface area contributed by atoms with Crippen LogP contribution in [0.2, 0.25) is 0 Å². The molecule has 5 heteroatoms. The Labute approximate surface area is 155 Å². The molecule has 2 heterocycles. The zero-order valence-corrected chi connectivity index (χ0v) is 15.3. The van der Waals surface area contributed by atoms with Crippen molar-refractivity contribution in [3.8, 4) is 0 Å². The molecule has 0 aromatic heterocycles. The van der Waals surface area contributed by atoms with E-state index in [0.717, 1.165) is 67.6 Å². The maximum atomic E-state index is 11.8. The first-order valence-electron chi connectivity index (χ1n) is 9.88. The maximum Gasteiger partial charge on any atom is 0.227 e. The first kappa shape index (κ1) is 17.3. The van der Waals surface area contributed by atoms with Gasteiger partial charge in [0.15, 0.2) is 0 Å². The second-order valence-corrected chi connectivity index (χ2v) is 7.61. The molecule has 0 spiro atoms. The summed E-state index contributed by atoms with van der Waals surface area (Å²) in [4.78, 5) is 16.3. The van der Waals surface area contributed by atoms with E-state index in [1.54, 1.807) is 0 Å². The SMILES string of the molecule is N=C1CCN(C2CCC2)CC/C1=C/Nc1ccc(N2CCCC2=O)cc1. The van der Waals surface area contributed by atoms with E-state index in [9.17, 15) is 4.79 Å². The molecule has 3 fully saturated rings. The highest BCUT2D eigenvalue weighted by atomic mass is 16.2. The molecule has 1 aromatic rings. The summed E-state index contributed by atoms with van der Waals surface area (Å²) in [7, 11) is 0. The number of nitrogens with zero attached hydrogens (tertiary/aromatic N) is 2. The molecule has 0 bridgehead atoms.